The Morgan fingerprint density at radius 1 is 1.17 bits per heavy atom. The first-order valence-corrected chi connectivity index (χ1v) is 8.24. The first-order chi connectivity index (χ1) is 11.2. The maximum Gasteiger partial charge on any atom is 0.315 e. The van der Waals surface area contributed by atoms with Gasteiger partial charge in [0.15, 0.2) is 0 Å². The monoisotopic (exact) mass is 318 g/mol. The summed E-state index contributed by atoms with van der Waals surface area (Å²) in [5.74, 6) is -0.233. The maximum absolute atomic E-state index is 12.0. The van der Waals surface area contributed by atoms with Crippen LogP contribution in [0.25, 0.3) is 0 Å². The van der Waals surface area contributed by atoms with Crippen molar-refractivity contribution < 1.29 is 9.59 Å². The van der Waals surface area contributed by atoms with E-state index in [1.807, 2.05) is 30.3 Å². The first-order valence-electron chi connectivity index (χ1n) is 8.24. The molecule has 0 aliphatic carbocycles. The second-order valence-electron chi connectivity index (χ2n) is 5.76. The summed E-state index contributed by atoms with van der Waals surface area (Å²) < 4.78 is 0. The van der Waals surface area contributed by atoms with Crippen molar-refractivity contribution in [2.24, 2.45) is 0 Å². The van der Waals surface area contributed by atoms with E-state index in [1.165, 1.54) is 25.9 Å². The molecule has 3 N–H and O–H groups in total. The predicted octanol–water partition coefficient (Wildman–Crippen LogP) is 1.26. The van der Waals surface area contributed by atoms with Gasteiger partial charge in [-0.05, 0) is 44.5 Å². The van der Waals surface area contributed by atoms with Crippen LogP contribution in [0.15, 0.2) is 30.3 Å². The summed E-state index contributed by atoms with van der Waals surface area (Å²) in [5.41, 5.74) is 0.763. The van der Waals surface area contributed by atoms with Crippen LogP contribution < -0.4 is 16.0 Å². The predicted molar refractivity (Wildman–Crippen MR) is 90.1 cm³/mol. The van der Waals surface area contributed by atoms with Crippen LogP contribution in [0, 0.1) is 0 Å². The number of likely N-dealkylation sites (tertiary alicyclic amines) is 1. The number of amides is 3. The standard InChI is InChI=1S/C17H26N4O2/c1-18-16(22)15(14-8-3-2-4-9-14)20-17(23)19-10-7-13-21-11-5-6-12-21/h2-4,8-9,15H,5-7,10-13H2,1H3,(H,18,22)(H2,19,20,23)/t15-/m1/s1. The van der Waals surface area contributed by atoms with E-state index in [2.05, 4.69) is 20.9 Å². The summed E-state index contributed by atoms with van der Waals surface area (Å²) in [6.07, 6.45) is 3.47. The Kier molecular flexibility index (Phi) is 6.87. The zero-order valence-corrected chi connectivity index (χ0v) is 13.7. The maximum atomic E-state index is 12.0. The summed E-state index contributed by atoms with van der Waals surface area (Å²) in [6, 6.07) is 8.23. The van der Waals surface area contributed by atoms with Gasteiger partial charge in [-0.3, -0.25) is 4.79 Å². The van der Waals surface area contributed by atoms with Crippen LogP contribution >= 0.6 is 0 Å². The van der Waals surface area contributed by atoms with E-state index < -0.39 is 6.04 Å². The van der Waals surface area contributed by atoms with Gasteiger partial charge in [0.05, 0.1) is 0 Å². The fraction of sp³-hybridized carbons (Fsp3) is 0.529. The SMILES string of the molecule is CNC(=O)[C@H](NC(=O)NCCCN1CCCC1)c1ccccc1. The average molecular weight is 318 g/mol. The number of benzene rings is 1. The van der Waals surface area contributed by atoms with Gasteiger partial charge in [-0.15, -0.1) is 0 Å². The summed E-state index contributed by atoms with van der Waals surface area (Å²) >= 11 is 0. The highest BCUT2D eigenvalue weighted by Gasteiger charge is 2.21. The zero-order chi connectivity index (χ0) is 16.5. The molecule has 0 unspecified atom stereocenters. The van der Waals surface area contributed by atoms with Crippen molar-refractivity contribution in [1.82, 2.24) is 20.9 Å². The summed E-state index contributed by atoms with van der Waals surface area (Å²) in [4.78, 5) is 26.4. The molecule has 3 amide bonds. The minimum Gasteiger partial charge on any atom is -0.357 e. The van der Waals surface area contributed by atoms with Crippen LogP contribution in [0.2, 0.25) is 0 Å². The number of likely N-dealkylation sites (N-methyl/N-ethyl adjacent to an activating group) is 1. The molecule has 1 aliphatic heterocycles. The number of nitrogens with one attached hydrogen (secondary N) is 3. The fourth-order valence-electron chi connectivity index (χ4n) is 2.78. The van der Waals surface area contributed by atoms with E-state index >= 15 is 0 Å². The van der Waals surface area contributed by atoms with Gasteiger partial charge in [-0.25, -0.2) is 4.79 Å². The van der Waals surface area contributed by atoms with Crippen LogP contribution in [0.5, 0.6) is 0 Å². The van der Waals surface area contributed by atoms with Crippen molar-refractivity contribution in [3.05, 3.63) is 35.9 Å². The van der Waals surface area contributed by atoms with Gasteiger partial charge < -0.3 is 20.9 Å². The Morgan fingerprint density at radius 3 is 2.52 bits per heavy atom. The van der Waals surface area contributed by atoms with Gasteiger partial charge in [-0.2, -0.15) is 0 Å². The molecule has 0 radical (unpaired) electrons. The molecule has 1 aromatic rings. The summed E-state index contributed by atoms with van der Waals surface area (Å²) in [5, 5.41) is 8.15. The van der Waals surface area contributed by atoms with Crippen LogP contribution in [-0.2, 0) is 4.79 Å². The quantitative estimate of drug-likeness (QED) is 0.663. The topological polar surface area (TPSA) is 73.5 Å². The van der Waals surface area contributed by atoms with Gasteiger partial charge in [0.25, 0.3) is 0 Å². The molecule has 1 atom stereocenters. The molecule has 1 saturated heterocycles. The fourth-order valence-corrected chi connectivity index (χ4v) is 2.78. The molecule has 1 aromatic carbocycles. The number of rotatable bonds is 7. The number of hydrogen-bond acceptors (Lipinski definition) is 3. The highest BCUT2D eigenvalue weighted by Crippen LogP contribution is 2.12. The molecule has 0 aromatic heterocycles. The van der Waals surface area contributed by atoms with E-state index in [-0.39, 0.29) is 11.9 Å². The molecule has 2 rings (SSSR count). The van der Waals surface area contributed by atoms with Gasteiger partial charge >= 0.3 is 6.03 Å². The third-order valence-corrected chi connectivity index (χ3v) is 4.05. The van der Waals surface area contributed by atoms with E-state index in [0.717, 1.165) is 18.5 Å². The second kappa shape index (κ2) is 9.15. The molecule has 0 spiro atoms. The normalized spacial score (nSPS) is 15.9. The first kappa shape index (κ1) is 17.3. The molecule has 126 valence electrons. The third kappa shape index (κ3) is 5.56. The Hall–Kier alpha value is -2.08. The minimum atomic E-state index is -0.681. The molecule has 1 heterocycles. The highest BCUT2D eigenvalue weighted by molar-refractivity contribution is 5.87. The van der Waals surface area contributed by atoms with Crippen LogP contribution in [0.1, 0.15) is 30.9 Å². The molecule has 1 fully saturated rings. The van der Waals surface area contributed by atoms with Gasteiger partial charge in [0.1, 0.15) is 6.04 Å². The van der Waals surface area contributed by atoms with Crippen LogP contribution in [0.4, 0.5) is 4.79 Å². The lowest BCUT2D eigenvalue weighted by atomic mass is 10.1. The smallest absolute Gasteiger partial charge is 0.315 e. The molecule has 0 bridgehead atoms. The summed E-state index contributed by atoms with van der Waals surface area (Å²) in [6.45, 7) is 3.95. The molecule has 6 heteroatoms. The lowest BCUT2D eigenvalue weighted by Crippen LogP contribution is -2.44. The van der Waals surface area contributed by atoms with Crippen molar-refractivity contribution in [2.45, 2.75) is 25.3 Å². The van der Waals surface area contributed by atoms with Crippen molar-refractivity contribution in [1.29, 1.82) is 0 Å². The lowest BCUT2D eigenvalue weighted by molar-refractivity contribution is -0.122. The molecule has 6 nitrogen and oxygen atoms in total. The van der Waals surface area contributed by atoms with E-state index in [9.17, 15) is 9.59 Å². The van der Waals surface area contributed by atoms with E-state index in [0.29, 0.717) is 6.54 Å². The number of carbonyl (C=O) groups is 2. The van der Waals surface area contributed by atoms with Gasteiger partial charge in [0, 0.05) is 13.6 Å². The Labute approximate surface area is 137 Å². The number of hydrogen-bond donors (Lipinski definition) is 3. The molecular formula is C17H26N4O2. The summed E-state index contributed by atoms with van der Waals surface area (Å²) in [7, 11) is 1.56. The van der Waals surface area contributed by atoms with E-state index in [1.54, 1.807) is 7.05 Å². The lowest BCUT2D eigenvalue weighted by Gasteiger charge is -2.19. The van der Waals surface area contributed by atoms with Crippen LogP contribution in [0.3, 0.4) is 0 Å². The largest absolute Gasteiger partial charge is 0.357 e. The van der Waals surface area contributed by atoms with Crippen molar-refractivity contribution in [2.75, 3.05) is 33.2 Å². The number of nitrogens with zero attached hydrogens (tertiary/aromatic N) is 1. The third-order valence-electron chi connectivity index (χ3n) is 4.05. The molecular weight excluding hydrogens is 292 g/mol. The van der Waals surface area contributed by atoms with Crippen molar-refractivity contribution >= 4 is 11.9 Å². The minimum absolute atomic E-state index is 0.233. The molecule has 23 heavy (non-hydrogen) atoms. The Bertz CT molecular complexity index is 501. The van der Waals surface area contributed by atoms with E-state index in [4.69, 9.17) is 0 Å². The van der Waals surface area contributed by atoms with Crippen LogP contribution in [-0.4, -0.2) is 50.1 Å². The van der Waals surface area contributed by atoms with Crippen molar-refractivity contribution in [3.63, 3.8) is 0 Å². The molecule has 0 saturated carbocycles. The zero-order valence-electron chi connectivity index (χ0n) is 13.7. The highest BCUT2D eigenvalue weighted by atomic mass is 16.2. The number of urea groups is 1. The Balaban J connectivity index is 1.77. The second-order valence-corrected chi connectivity index (χ2v) is 5.76. The van der Waals surface area contributed by atoms with Crippen molar-refractivity contribution in [3.8, 4) is 0 Å². The average Bonchev–Trinajstić information content (AvgIpc) is 3.10. The van der Waals surface area contributed by atoms with Gasteiger partial charge in [-0.1, -0.05) is 30.3 Å². The Morgan fingerprint density at radius 2 is 1.87 bits per heavy atom. The number of carbonyl (C=O) groups excluding carboxylic acids is 2. The van der Waals surface area contributed by atoms with Gasteiger partial charge in [0.2, 0.25) is 5.91 Å². The molecule has 1 aliphatic rings.